The van der Waals surface area contributed by atoms with Crippen molar-refractivity contribution in [3.05, 3.63) is 113 Å². The third-order valence-corrected chi connectivity index (χ3v) is 7.64. The SMILES string of the molecule is C=CCC1(C)CC=C(Cc2ccc(F)cc2)C=C1CCPCc1ccc(Cl)cc1C(=C)N. The highest BCUT2D eigenvalue weighted by Crippen LogP contribution is 2.43. The van der Waals surface area contributed by atoms with Gasteiger partial charge in [-0.15, -0.1) is 15.2 Å². The van der Waals surface area contributed by atoms with Gasteiger partial charge in [-0.2, -0.15) is 0 Å². The molecule has 0 aliphatic heterocycles. The molecule has 0 saturated carbocycles. The van der Waals surface area contributed by atoms with E-state index < -0.39 is 0 Å². The molecule has 2 unspecified atom stereocenters. The van der Waals surface area contributed by atoms with Crippen LogP contribution in [-0.4, -0.2) is 6.16 Å². The Kier molecular flexibility index (Phi) is 8.51. The van der Waals surface area contributed by atoms with Crippen LogP contribution >= 0.6 is 20.2 Å². The molecule has 32 heavy (non-hydrogen) atoms. The van der Waals surface area contributed by atoms with Crippen molar-refractivity contribution in [3.8, 4) is 0 Å². The lowest BCUT2D eigenvalue weighted by molar-refractivity contribution is 0.391. The lowest BCUT2D eigenvalue weighted by Gasteiger charge is -2.34. The van der Waals surface area contributed by atoms with Gasteiger partial charge in [-0.25, -0.2) is 4.39 Å². The van der Waals surface area contributed by atoms with E-state index in [-0.39, 0.29) is 11.2 Å². The van der Waals surface area contributed by atoms with Crippen molar-refractivity contribution in [2.45, 2.75) is 38.8 Å². The first-order valence-electron chi connectivity index (χ1n) is 11.0. The summed E-state index contributed by atoms with van der Waals surface area (Å²) in [4.78, 5) is 0. The van der Waals surface area contributed by atoms with Crippen LogP contribution in [-0.2, 0) is 12.6 Å². The standard InChI is InChI=1S/C28H32ClFNP/c1-4-13-28(3)14-11-22(16-21-5-9-26(30)10-6-21)17-24(28)12-15-32-19-23-7-8-25(29)18-27(23)20(2)31/h4-11,17-18,32H,1-2,12-16,19,31H2,3H3. The topological polar surface area (TPSA) is 26.0 Å². The summed E-state index contributed by atoms with van der Waals surface area (Å²) in [5.74, 6) is -0.191. The second kappa shape index (κ2) is 11.1. The number of benzene rings is 2. The van der Waals surface area contributed by atoms with E-state index >= 15 is 0 Å². The van der Waals surface area contributed by atoms with Gasteiger partial charge in [-0.05, 0) is 84.4 Å². The van der Waals surface area contributed by atoms with Crippen molar-refractivity contribution < 1.29 is 4.39 Å². The average Bonchev–Trinajstić information content (AvgIpc) is 2.76. The van der Waals surface area contributed by atoms with Gasteiger partial charge in [0.1, 0.15) is 5.82 Å². The van der Waals surface area contributed by atoms with Crippen LogP contribution in [0.1, 0.15) is 42.9 Å². The molecule has 0 radical (unpaired) electrons. The van der Waals surface area contributed by atoms with E-state index in [1.54, 1.807) is 0 Å². The number of allylic oxidation sites excluding steroid dienone is 5. The highest BCUT2D eigenvalue weighted by atomic mass is 35.5. The summed E-state index contributed by atoms with van der Waals surface area (Å²) in [7, 11) is 0.795. The minimum absolute atomic E-state index is 0.121. The third-order valence-electron chi connectivity index (χ3n) is 6.17. The van der Waals surface area contributed by atoms with E-state index in [1.807, 2.05) is 30.3 Å². The summed E-state index contributed by atoms with van der Waals surface area (Å²) in [6.07, 6.45) is 12.7. The van der Waals surface area contributed by atoms with Gasteiger partial charge in [0.2, 0.25) is 0 Å². The molecule has 2 N–H and O–H groups in total. The molecular formula is C28H32ClFNP. The van der Waals surface area contributed by atoms with Gasteiger partial charge in [-0.3, -0.25) is 0 Å². The molecule has 0 heterocycles. The minimum Gasteiger partial charge on any atom is -0.399 e. The Balaban J connectivity index is 1.66. The van der Waals surface area contributed by atoms with E-state index in [4.69, 9.17) is 17.3 Å². The molecule has 1 aliphatic rings. The molecule has 0 spiro atoms. The summed E-state index contributed by atoms with van der Waals surface area (Å²) in [6.45, 7) is 10.2. The number of halogens is 2. The summed E-state index contributed by atoms with van der Waals surface area (Å²) >= 11 is 6.13. The molecule has 1 nitrogen and oxygen atoms in total. The molecule has 0 saturated heterocycles. The van der Waals surface area contributed by atoms with Crippen molar-refractivity contribution in [1.82, 2.24) is 0 Å². The van der Waals surface area contributed by atoms with E-state index in [1.165, 1.54) is 28.8 Å². The van der Waals surface area contributed by atoms with Crippen LogP contribution in [0.4, 0.5) is 4.39 Å². The molecular weight excluding hydrogens is 436 g/mol. The summed E-state index contributed by atoms with van der Waals surface area (Å²) in [5, 5.41) is 0.687. The zero-order valence-electron chi connectivity index (χ0n) is 18.8. The fraction of sp³-hybridized carbons (Fsp3) is 0.286. The van der Waals surface area contributed by atoms with Crippen molar-refractivity contribution in [1.29, 1.82) is 0 Å². The van der Waals surface area contributed by atoms with Crippen molar-refractivity contribution in [2.75, 3.05) is 6.16 Å². The van der Waals surface area contributed by atoms with Gasteiger partial charge in [0, 0.05) is 16.3 Å². The molecule has 0 aromatic heterocycles. The van der Waals surface area contributed by atoms with E-state index in [0.717, 1.165) is 57.7 Å². The highest BCUT2D eigenvalue weighted by Gasteiger charge is 2.29. The van der Waals surface area contributed by atoms with Crippen LogP contribution in [0.3, 0.4) is 0 Å². The molecule has 0 bridgehead atoms. The van der Waals surface area contributed by atoms with E-state index in [9.17, 15) is 4.39 Å². The molecule has 0 fully saturated rings. The lowest BCUT2D eigenvalue weighted by atomic mass is 9.71. The third kappa shape index (κ3) is 6.44. The Morgan fingerprint density at radius 1 is 1.25 bits per heavy atom. The maximum Gasteiger partial charge on any atom is 0.123 e. The van der Waals surface area contributed by atoms with Crippen molar-refractivity contribution in [3.63, 3.8) is 0 Å². The zero-order valence-corrected chi connectivity index (χ0v) is 20.5. The number of hydrogen-bond donors (Lipinski definition) is 1. The Hall–Kier alpha value is -2.15. The smallest absolute Gasteiger partial charge is 0.123 e. The van der Waals surface area contributed by atoms with Crippen LogP contribution in [0.2, 0.25) is 5.02 Å². The molecule has 1 aliphatic carbocycles. The van der Waals surface area contributed by atoms with Crippen molar-refractivity contribution >= 4 is 25.9 Å². The number of hydrogen-bond acceptors (Lipinski definition) is 1. The maximum atomic E-state index is 13.2. The van der Waals surface area contributed by atoms with E-state index in [2.05, 4.69) is 38.3 Å². The first-order valence-corrected chi connectivity index (χ1v) is 12.8. The Labute approximate surface area is 198 Å². The summed E-state index contributed by atoms with van der Waals surface area (Å²) in [6, 6.07) is 12.7. The maximum absolute atomic E-state index is 13.2. The molecule has 2 aromatic rings. The second-order valence-electron chi connectivity index (χ2n) is 8.76. The Morgan fingerprint density at radius 3 is 2.69 bits per heavy atom. The van der Waals surface area contributed by atoms with Gasteiger partial charge < -0.3 is 5.73 Å². The second-order valence-corrected chi connectivity index (χ2v) is 10.6. The molecule has 2 aromatic carbocycles. The van der Waals surface area contributed by atoms with Gasteiger partial charge >= 0.3 is 0 Å². The molecule has 2 atom stereocenters. The molecule has 168 valence electrons. The normalized spacial score (nSPS) is 18.5. The van der Waals surface area contributed by atoms with E-state index in [0.29, 0.717) is 10.7 Å². The van der Waals surface area contributed by atoms with Crippen LogP contribution in [0.15, 0.2) is 85.0 Å². The number of nitrogens with two attached hydrogens (primary N) is 1. The van der Waals surface area contributed by atoms with Gasteiger partial charge in [0.25, 0.3) is 0 Å². The fourth-order valence-electron chi connectivity index (χ4n) is 4.26. The monoisotopic (exact) mass is 467 g/mol. The summed E-state index contributed by atoms with van der Waals surface area (Å²) in [5.41, 5.74) is 12.8. The average molecular weight is 468 g/mol. The first-order chi connectivity index (χ1) is 15.3. The van der Waals surface area contributed by atoms with Crippen LogP contribution in [0, 0.1) is 11.2 Å². The Bertz CT molecular complexity index is 1040. The van der Waals surface area contributed by atoms with Crippen LogP contribution in [0.5, 0.6) is 0 Å². The predicted molar refractivity (Wildman–Crippen MR) is 140 cm³/mol. The lowest BCUT2D eigenvalue weighted by Crippen LogP contribution is -2.21. The Morgan fingerprint density at radius 2 is 2.00 bits per heavy atom. The van der Waals surface area contributed by atoms with Gasteiger partial charge in [-0.1, -0.05) is 67.1 Å². The fourth-order valence-corrected chi connectivity index (χ4v) is 5.63. The summed E-state index contributed by atoms with van der Waals surface area (Å²) < 4.78 is 13.2. The largest absolute Gasteiger partial charge is 0.399 e. The van der Waals surface area contributed by atoms with Crippen molar-refractivity contribution in [2.24, 2.45) is 11.1 Å². The zero-order chi connectivity index (χ0) is 23.1. The molecule has 4 heteroatoms. The van der Waals surface area contributed by atoms with Gasteiger partial charge in [0.15, 0.2) is 0 Å². The molecule has 0 amide bonds. The predicted octanol–water partition coefficient (Wildman–Crippen LogP) is 8.06. The quantitative estimate of drug-likeness (QED) is 0.213. The highest BCUT2D eigenvalue weighted by molar-refractivity contribution is 7.37. The van der Waals surface area contributed by atoms with Crippen LogP contribution < -0.4 is 5.73 Å². The number of rotatable bonds is 10. The molecule has 3 rings (SSSR count). The van der Waals surface area contributed by atoms with Crippen LogP contribution in [0.25, 0.3) is 5.70 Å². The minimum atomic E-state index is -0.191. The van der Waals surface area contributed by atoms with Gasteiger partial charge in [0.05, 0.1) is 0 Å². The first kappa shape index (κ1) is 24.5.